The van der Waals surface area contributed by atoms with Crippen molar-refractivity contribution in [2.75, 3.05) is 20.3 Å². The molecule has 0 aliphatic carbocycles. The maximum atomic E-state index is 13.0. The first kappa shape index (κ1) is 18.8. The Labute approximate surface area is 158 Å². The van der Waals surface area contributed by atoms with Crippen LogP contribution in [0.1, 0.15) is 27.4 Å². The molecule has 0 N–H and O–H groups in total. The van der Waals surface area contributed by atoms with Crippen LogP contribution in [-0.4, -0.2) is 46.0 Å². The average Bonchev–Trinajstić information content (AvgIpc) is 3.26. The van der Waals surface area contributed by atoms with Crippen LogP contribution >= 0.6 is 0 Å². The molecule has 0 aliphatic heterocycles. The van der Waals surface area contributed by atoms with E-state index in [1.54, 1.807) is 18.1 Å². The summed E-state index contributed by atoms with van der Waals surface area (Å²) < 4.78 is 12.4. The van der Waals surface area contributed by atoms with Crippen LogP contribution < -0.4 is 0 Å². The first-order chi connectivity index (χ1) is 13.0. The zero-order chi connectivity index (χ0) is 19.4. The van der Waals surface area contributed by atoms with Gasteiger partial charge in [-0.05, 0) is 13.8 Å². The fourth-order valence-electron chi connectivity index (χ4n) is 2.97. The van der Waals surface area contributed by atoms with E-state index in [1.165, 1.54) is 0 Å². The molecule has 0 atom stereocenters. The minimum absolute atomic E-state index is 0.194. The molecule has 7 heteroatoms. The molecule has 0 bridgehead atoms. The lowest BCUT2D eigenvalue weighted by atomic mass is 10.1. The molecule has 0 aliphatic rings. The molecule has 0 unspecified atom stereocenters. The second kappa shape index (κ2) is 8.18. The summed E-state index contributed by atoms with van der Waals surface area (Å²) in [5.74, 6) is 0.375. The molecule has 27 heavy (non-hydrogen) atoms. The first-order valence-electron chi connectivity index (χ1n) is 8.80. The zero-order valence-electron chi connectivity index (χ0n) is 16.1. The molecule has 1 aromatic carbocycles. The van der Waals surface area contributed by atoms with Gasteiger partial charge in [-0.2, -0.15) is 5.10 Å². The summed E-state index contributed by atoms with van der Waals surface area (Å²) in [6.45, 7) is 5.29. The van der Waals surface area contributed by atoms with Crippen LogP contribution in [0.2, 0.25) is 0 Å². The van der Waals surface area contributed by atoms with Crippen molar-refractivity contribution in [3.63, 3.8) is 0 Å². The van der Waals surface area contributed by atoms with Crippen LogP contribution in [-0.2, 0) is 18.3 Å². The predicted molar refractivity (Wildman–Crippen MR) is 101 cm³/mol. The van der Waals surface area contributed by atoms with Crippen LogP contribution in [0.3, 0.4) is 0 Å². The third kappa shape index (κ3) is 4.09. The van der Waals surface area contributed by atoms with Crippen molar-refractivity contribution in [2.45, 2.75) is 20.4 Å². The largest absolute Gasteiger partial charge is 0.383 e. The highest BCUT2D eigenvalue weighted by Gasteiger charge is 2.23. The van der Waals surface area contributed by atoms with Crippen LogP contribution in [0.15, 0.2) is 40.9 Å². The highest BCUT2D eigenvalue weighted by molar-refractivity contribution is 5.93. The van der Waals surface area contributed by atoms with Gasteiger partial charge in [-0.25, -0.2) is 0 Å². The van der Waals surface area contributed by atoms with Gasteiger partial charge in [-0.15, -0.1) is 0 Å². The second-order valence-electron chi connectivity index (χ2n) is 6.43. The molecular formula is C20H24N4O3. The topological polar surface area (TPSA) is 73.4 Å². The van der Waals surface area contributed by atoms with Gasteiger partial charge in [0, 0.05) is 50.1 Å². The van der Waals surface area contributed by atoms with Crippen molar-refractivity contribution in [1.82, 2.24) is 19.8 Å². The Morgan fingerprint density at radius 3 is 2.63 bits per heavy atom. The third-order valence-electron chi connectivity index (χ3n) is 4.65. The van der Waals surface area contributed by atoms with E-state index >= 15 is 0 Å². The summed E-state index contributed by atoms with van der Waals surface area (Å²) in [6.07, 6.45) is 0. The van der Waals surface area contributed by atoms with E-state index in [1.807, 2.05) is 55.9 Å². The summed E-state index contributed by atoms with van der Waals surface area (Å²) in [5, 5.41) is 8.42. The van der Waals surface area contributed by atoms with Crippen molar-refractivity contribution in [1.29, 1.82) is 0 Å². The van der Waals surface area contributed by atoms with Gasteiger partial charge in [0.1, 0.15) is 0 Å². The van der Waals surface area contributed by atoms with E-state index in [2.05, 4.69) is 10.3 Å². The van der Waals surface area contributed by atoms with Gasteiger partial charge in [0.05, 0.1) is 12.3 Å². The Bertz CT molecular complexity index is 915. The van der Waals surface area contributed by atoms with E-state index in [-0.39, 0.29) is 11.6 Å². The molecule has 0 saturated heterocycles. The minimum atomic E-state index is -0.194. The minimum Gasteiger partial charge on any atom is -0.383 e. The Morgan fingerprint density at radius 1 is 1.26 bits per heavy atom. The first-order valence-corrected chi connectivity index (χ1v) is 8.80. The number of aromatic nitrogens is 3. The second-order valence-corrected chi connectivity index (χ2v) is 6.43. The summed E-state index contributed by atoms with van der Waals surface area (Å²) >= 11 is 0. The number of carbonyl (C=O) groups excluding carboxylic acids is 1. The molecule has 0 spiro atoms. The zero-order valence-corrected chi connectivity index (χ0v) is 16.1. The van der Waals surface area contributed by atoms with E-state index in [0.717, 1.165) is 22.5 Å². The Morgan fingerprint density at radius 2 is 2.00 bits per heavy atom. The van der Waals surface area contributed by atoms with E-state index < -0.39 is 0 Å². The number of amides is 1. The molecular weight excluding hydrogens is 344 g/mol. The number of hydrogen-bond donors (Lipinski definition) is 0. The van der Waals surface area contributed by atoms with Crippen LogP contribution in [0.25, 0.3) is 11.3 Å². The number of nitrogens with zero attached hydrogens (tertiary/aromatic N) is 4. The SMILES string of the molecule is COCCN(Cc1c(C)nn(C)c1C)C(=O)c1cc(-c2ccccc2)on1. The van der Waals surface area contributed by atoms with Crippen molar-refractivity contribution in [3.8, 4) is 11.3 Å². The summed E-state index contributed by atoms with van der Waals surface area (Å²) in [7, 11) is 3.52. The van der Waals surface area contributed by atoms with Crippen LogP contribution in [0.5, 0.6) is 0 Å². The van der Waals surface area contributed by atoms with Gasteiger partial charge >= 0.3 is 0 Å². The fraction of sp³-hybridized carbons (Fsp3) is 0.350. The molecule has 2 aromatic heterocycles. The van der Waals surface area contributed by atoms with Gasteiger partial charge in [-0.3, -0.25) is 9.48 Å². The molecule has 3 rings (SSSR count). The van der Waals surface area contributed by atoms with Crippen molar-refractivity contribution in [3.05, 3.63) is 59.0 Å². The van der Waals surface area contributed by atoms with Crippen molar-refractivity contribution >= 4 is 5.91 Å². The van der Waals surface area contributed by atoms with Crippen molar-refractivity contribution in [2.24, 2.45) is 7.05 Å². The Hall–Kier alpha value is -2.93. The quantitative estimate of drug-likeness (QED) is 0.641. The lowest BCUT2D eigenvalue weighted by Gasteiger charge is -2.21. The maximum absolute atomic E-state index is 13.0. The molecule has 1 amide bonds. The van der Waals surface area contributed by atoms with Crippen LogP contribution in [0, 0.1) is 13.8 Å². The molecule has 0 radical (unpaired) electrons. The van der Waals surface area contributed by atoms with Gasteiger partial charge in [-0.1, -0.05) is 35.5 Å². The van der Waals surface area contributed by atoms with E-state index in [9.17, 15) is 4.79 Å². The van der Waals surface area contributed by atoms with Crippen molar-refractivity contribution < 1.29 is 14.1 Å². The van der Waals surface area contributed by atoms with Gasteiger partial charge in [0.2, 0.25) is 0 Å². The number of rotatable bonds is 7. The molecule has 7 nitrogen and oxygen atoms in total. The maximum Gasteiger partial charge on any atom is 0.276 e. The number of ether oxygens (including phenoxy) is 1. The van der Waals surface area contributed by atoms with Gasteiger partial charge in [0.25, 0.3) is 5.91 Å². The highest BCUT2D eigenvalue weighted by Crippen LogP contribution is 2.22. The smallest absolute Gasteiger partial charge is 0.276 e. The number of aryl methyl sites for hydroxylation is 2. The van der Waals surface area contributed by atoms with Crippen LogP contribution in [0.4, 0.5) is 0 Å². The summed E-state index contributed by atoms with van der Waals surface area (Å²) in [4.78, 5) is 14.8. The van der Waals surface area contributed by atoms with Gasteiger partial charge in [0.15, 0.2) is 11.5 Å². The Balaban J connectivity index is 1.84. The van der Waals surface area contributed by atoms with E-state index in [4.69, 9.17) is 9.26 Å². The molecule has 2 heterocycles. The number of benzene rings is 1. The fourth-order valence-corrected chi connectivity index (χ4v) is 2.97. The molecule has 0 fully saturated rings. The predicted octanol–water partition coefficient (Wildman–Crippen LogP) is 2.98. The number of hydrogen-bond acceptors (Lipinski definition) is 5. The summed E-state index contributed by atoms with van der Waals surface area (Å²) in [5.41, 5.74) is 4.15. The monoisotopic (exact) mass is 368 g/mol. The highest BCUT2D eigenvalue weighted by atomic mass is 16.5. The lowest BCUT2D eigenvalue weighted by molar-refractivity contribution is 0.0669. The normalized spacial score (nSPS) is 11.0. The summed E-state index contributed by atoms with van der Waals surface area (Å²) in [6, 6.07) is 11.3. The van der Waals surface area contributed by atoms with Gasteiger partial charge < -0.3 is 14.2 Å². The average molecular weight is 368 g/mol. The molecule has 0 saturated carbocycles. The number of carbonyl (C=O) groups is 1. The molecule has 142 valence electrons. The molecule has 3 aromatic rings. The standard InChI is InChI=1S/C20H24N4O3/c1-14-17(15(2)23(3)21-14)13-24(10-11-26-4)20(25)18-12-19(27-22-18)16-8-6-5-7-9-16/h5-9,12H,10-11,13H2,1-4H3. The lowest BCUT2D eigenvalue weighted by Crippen LogP contribution is -2.34. The number of methoxy groups -OCH3 is 1. The third-order valence-corrected chi connectivity index (χ3v) is 4.65. The Kier molecular flexibility index (Phi) is 5.71. The van der Waals surface area contributed by atoms with E-state index in [0.29, 0.717) is 25.5 Å².